The number of nitrogen functional groups attached to an aromatic ring is 1. The standard InChI is InChI=1S/C22H16Cl2FN3O3/c1-11-2-4-15(29)10-17(11)22-28-27-19(31-22)6-12-3-5-18(24)21(20(12)25)30-16-8-13(23)7-14(26)9-16/h2-5,7-10,29H,6,26H2,1H3. The van der Waals surface area contributed by atoms with Gasteiger partial charge >= 0.3 is 0 Å². The number of nitrogens with two attached hydrogens (primary N) is 1. The van der Waals surface area contributed by atoms with E-state index in [2.05, 4.69) is 10.2 Å². The summed E-state index contributed by atoms with van der Waals surface area (Å²) in [6, 6.07) is 12.4. The van der Waals surface area contributed by atoms with Crippen LogP contribution in [0.4, 0.5) is 10.1 Å². The molecule has 0 spiro atoms. The van der Waals surface area contributed by atoms with Gasteiger partial charge < -0.3 is 20.0 Å². The molecular weight excluding hydrogens is 444 g/mol. The van der Waals surface area contributed by atoms with Crippen molar-refractivity contribution in [3.63, 3.8) is 0 Å². The SMILES string of the molecule is Cc1ccc(O)cc1-c1nnc(Cc2ccc(Cl)c(Oc3cc(N)cc(Cl)c3)c2F)o1. The van der Waals surface area contributed by atoms with E-state index in [1.807, 2.05) is 6.92 Å². The molecule has 0 aliphatic heterocycles. The number of aromatic hydroxyl groups is 1. The molecule has 0 aliphatic carbocycles. The average Bonchev–Trinajstić information content (AvgIpc) is 3.17. The normalized spacial score (nSPS) is 11.0. The third-order valence-corrected chi connectivity index (χ3v) is 5.02. The Hall–Kier alpha value is -3.29. The second-order valence-corrected chi connectivity index (χ2v) is 7.69. The first-order chi connectivity index (χ1) is 14.8. The summed E-state index contributed by atoms with van der Waals surface area (Å²) in [6.07, 6.45) is 0.0158. The summed E-state index contributed by atoms with van der Waals surface area (Å²) in [5.41, 5.74) is 7.82. The Labute approximate surface area is 187 Å². The highest BCUT2D eigenvalue weighted by Crippen LogP contribution is 2.36. The van der Waals surface area contributed by atoms with Crippen LogP contribution in [0.2, 0.25) is 10.0 Å². The molecule has 0 saturated carbocycles. The molecule has 0 atom stereocenters. The number of nitrogens with zero attached hydrogens (tertiary/aromatic N) is 2. The van der Waals surface area contributed by atoms with E-state index in [9.17, 15) is 5.11 Å². The molecule has 158 valence electrons. The molecule has 0 saturated heterocycles. The highest BCUT2D eigenvalue weighted by Gasteiger charge is 2.19. The van der Waals surface area contributed by atoms with Crippen molar-refractivity contribution in [1.82, 2.24) is 10.2 Å². The predicted octanol–water partition coefficient (Wildman–Crippen LogP) is 6.16. The minimum Gasteiger partial charge on any atom is -0.508 e. The fraction of sp³-hybridized carbons (Fsp3) is 0.0909. The van der Waals surface area contributed by atoms with Gasteiger partial charge in [-0.25, -0.2) is 4.39 Å². The zero-order valence-corrected chi connectivity index (χ0v) is 17.7. The number of phenols is 1. The molecule has 3 aromatic carbocycles. The molecule has 31 heavy (non-hydrogen) atoms. The number of halogens is 3. The Morgan fingerprint density at radius 3 is 2.68 bits per heavy atom. The topological polar surface area (TPSA) is 94.4 Å². The maximum Gasteiger partial charge on any atom is 0.248 e. The summed E-state index contributed by atoms with van der Waals surface area (Å²) in [4.78, 5) is 0. The van der Waals surface area contributed by atoms with Gasteiger partial charge in [0.2, 0.25) is 11.8 Å². The Kier molecular flexibility index (Phi) is 5.71. The van der Waals surface area contributed by atoms with Gasteiger partial charge in [-0.1, -0.05) is 35.3 Å². The molecule has 3 N–H and O–H groups in total. The van der Waals surface area contributed by atoms with Gasteiger partial charge in [0, 0.05) is 27.9 Å². The van der Waals surface area contributed by atoms with Crippen LogP contribution in [0.3, 0.4) is 0 Å². The third kappa shape index (κ3) is 4.57. The quantitative estimate of drug-likeness (QED) is 0.347. The van der Waals surface area contributed by atoms with Crippen LogP contribution in [-0.4, -0.2) is 15.3 Å². The fourth-order valence-electron chi connectivity index (χ4n) is 3.00. The largest absolute Gasteiger partial charge is 0.508 e. The van der Waals surface area contributed by atoms with Crippen LogP contribution in [0.25, 0.3) is 11.5 Å². The van der Waals surface area contributed by atoms with Gasteiger partial charge in [0.15, 0.2) is 11.6 Å². The minimum absolute atomic E-state index is 0.0158. The van der Waals surface area contributed by atoms with Gasteiger partial charge in [-0.05, 0) is 42.8 Å². The molecular formula is C22H16Cl2FN3O3. The first-order valence-electron chi connectivity index (χ1n) is 9.13. The van der Waals surface area contributed by atoms with Gasteiger partial charge in [-0.15, -0.1) is 10.2 Å². The summed E-state index contributed by atoms with van der Waals surface area (Å²) >= 11 is 12.1. The van der Waals surface area contributed by atoms with Crippen molar-refractivity contribution in [1.29, 1.82) is 0 Å². The first-order valence-corrected chi connectivity index (χ1v) is 9.89. The van der Waals surface area contributed by atoms with E-state index in [0.29, 0.717) is 16.3 Å². The number of anilines is 1. The molecule has 0 radical (unpaired) electrons. The molecule has 6 nitrogen and oxygen atoms in total. The van der Waals surface area contributed by atoms with Crippen LogP contribution in [0.15, 0.2) is 52.9 Å². The highest BCUT2D eigenvalue weighted by molar-refractivity contribution is 6.32. The van der Waals surface area contributed by atoms with Crippen molar-refractivity contribution in [2.45, 2.75) is 13.3 Å². The Balaban J connectivity index is 1.62. The van der Waals surface area contributed by atoms with Gasteiger partial charge in [0.25, 0.3) is 0 Å². The van der Waals surface area contributed by atoms with E-state index in [-0.39, 0.29) is 46.0 Å². The van der Waals surface area contributed by atoms with E-state index in [1.165, 1.54) is 30.3 Å². The maximum atomic E-state index is 15.2. The summed E-state index contributed by atoms with van der Waals surface area (Å²) in [5.74, 6) is -0.0841. The summed E-state index contributed by atoms with van der Waals surface area (Å²) < 4.78 is 26.5. The molecule has 1 heterocycles. The van der Waals surface area contributed by atoms with E-state index in [0.717, 1.165) is 5.56 Å². The zero-order valence-electron chi connectivity index (χ0n) is 16.2. The fourth-order valence-corrected chi connectivity index (χ4v) is 3.42. The smallest absolute Gasteiger partial charge is 0.248 e. The van der Waals surface area contributed by atoms with Crippen LogP contribution < -0.4 is 10.5 Å². The average molecular weight is 460 g/mol. The van der Waals surface area contributed by atoms with Crippen LogP contribution in [0.5, 0.6) is 17.2 Å². The van der Waals surface area contributed by atoms with Crippen molar-refractivity contribution >= 4 is 28.9 Å². The van der Waals surface area contributed by atoms with Crippen molar-refractivity contribution in [3.8, 4) is 28.7 Å². The van der Waals surface area contributed by atoms with Crippen LogP contribution in [-0.2, 0) is 6.42 Å². The lowest BCUT2D eigenvalue weighted by molar-refractivity contribution is 0.437. The lowest BCUT2D eigenvalue weighted by Gasteiger charge is -2.12. The molecule has 4 aromatic rings. The second kappa shape index (κ2) is 8.45. The number of benzene rings is 3. The molecule has 0 aliphatic rings. The molecule has 0 amide bonds. The molecule has 9 heteroatoms. The van der Waals surface area contributed by atoms with Crippen LogP contribution in [0, 0.1) is 12.7 Å². The lowest BCUT2D eigenvalue weighted by Crippen LogP contribution is -1.98. The summed E-state index contributed by atoms with van der Waals surface area (Å²) in [7, 11) is 0. The Morgan fingerprint density at radius 2 is 1.90 bits per heavy atom. The minimum atomic E-state index is -0.667. The number of ether oxygens (including phenoxy) is 1. The number of aromatic nitrogens is 2. The van der Waals surface area contributed by atoms with Crippen molar-refractivity contribution < 1.29 is 18.7 Å². The lowest BCUT2D eigenvalue weighted by atomic mass is 10.1. The van der Waals surface area contributed by atoms with E-state index >= 15 is 4.39 Å². The third-order valence-electron chi connectivity index (χ3n) is 4.50. The zero-order chi connectivity index (χ0) is 22.1. The molecule has 0 unspecified atom stereocenters. The van der Waals surface area contributed by atoms with E-state index in [1.54, 1.807) is 18.2 Å². The summed E-state index contributed by atoms with van der Waals surface area (Å²) in [5, 5.41) is 18.1. The molecule has 0 bridgehead atoms. The molecule has 4 rings (SSSR count). The van der Waals surface area contributed by atoms with Crippen LogP contribution in [0.1, 0.15) is 17.0 Å². The molecule has 1 aromatic heterocycles. The van der Waals surface area contributed by atoms with Gasteiger partial charge in [-0.2, -0.15) is 0 Å². The number of rotatable bonds is 5. The van der Waals surface area contributed by atoms with Crippen molar-refractivity contribution in [3.05, 3.63) is 81.4 Å². The Morgan fingerprint density at radius 1 is 1.10 bits per heavy atom. The number of aryl methyl sites for hydroxylation is 1. The van der Waals surface area contributed by atoms with Crippen LogP contribution >= 0.6 is 23.2 Å². The number of hydrogen-bond donors (Lipinski definition) is 2. The number of hydrogen-bond acceptors (Lipinski definition) is 6. The predicted molar refractivity (Wildman–Crippen MR) is 116 cm³/mol. The summed E-state index contributed by atoms with van der Waals surface area (Å²) in [6.45, 7) is 1.85. The van der Waals surface area contributed by atoms with Gasteiger partial charge in [0.1, 0.15) is 11.5 Å². The van der Waals surface area contributed by atoms with Crippen molar-refractivity contribution in [2.24, 2.45) is 0 Å². The van der Waals surface area contributed by atoms with Gasteiger partial charge in [0.05, 0.1) is 11.4 Å². The van der Waals surface area contributed by atoms with Crippen molar-refractivity contribution in [2.75, 3.05) is 5.73 Å². The van der Waals surface area contributed by atoms with Gasteiger partial charge in [-0.3, -0.25) is 0 Å². The second-order valence-electron chi connectivity index (χ2n) is 6.85. The highest BCUT2D eigenvalue weighted by atomic mass is 35.5. The Bertz CT molecular complexity index is 1260. The van der Waals surface area contributed by atoms with E-state index < -0.39 is 5.82 Å². The maximum absolute atomic E-state index is 15.2. The first kappa shape index (κ1) is 21.0. The number of phenolic OH excluding ortho intramolecular Hbond substituents is 1. The molecule has 0 fully saturated rings. The monoisotopic (exact) mass is 459 g/mol. The van der Waals surface area contributed by atoms with E-state index in [4.69, 9.17) is 38.1 Å².